The summed E-state index contributed by atoms with van der Waals surface area (Å²) in [6, 6.07) is 8.77. The molecule has 0 N–H and O–H groups in total. The van der Waals surface area contributed by atoms with Gasteiger partial charge < -0.3 is 9.30 Å². The van der Waals surface area contributed by atoms with Gasteiger partial charge in [0, 0.05) is 41.5 Å². The summed E-state index contributed by atoms with van der Waals surface area (Å²) in [4.78, 5) is 4.91. The molecule has 3 aromatic rings. The molecule has 126 valence electrons. The molecule has 0 saturated carbocycles. The summed E-state index contributed by atoms with van der Waals surface area (Å²) in [5, 5.41) is 3.25. The van der Waals surface area contributed by atoms with E-state index in [2.05, 4.69) is 61.9 Å². The van der Waals surface area contributed by atoms with Gasteiger partial charge in [0.25, 0.3) is 0 Å². The molecule has 3 nitrogen and oxygen atoms in total. The number of methoxy groups -OCH3 is 1. The van der Waals surface area contributed by atoms with Gasteiger partial charge in [0.15, 0.2) is 0 Å². The van der Waals surface area contributed by atoms with Gasteiger partial charge in [0.1, 0.15) is 5.01 Å². The Morgan fingerprint density at radius 2 is 1.88 bits per heavy atom. The highest BCUT2D eigenvalue weighted by Gasteiger charge is 2.15. The van der Waals surface area contributed by atoms with Crippen molar-refractivity contribution in [3.63, 3.8) is 0 Å². The van der Waals surface area contributed by atoms with Crippen molar-refractivity contribution in [3.8, 4) is 21.8 Å². The monoisotopic (exact) mass is 340 g/mol. The van der Waals surface area contributed by atoms with Crippen molar-refractivity contribution < 1.29 is 4.74 Å². The number of benzene rings is 1. The molecule has 0 aliphatic carbocycles. The topological polar surface area (TPSA) is 27.1 Å². The van der Waals surface area contributed by atoms with Gasteiger partial charge in [-0.3, -0.25) is 0 Å². The van der Waals surface area contributed by atoms with E-state index in [1.54, 1.807) is 18.4 Å². The summed E-state index contributed by atoms with van der Waals surface area (Å²) in [5.74, 6) is 0. The number of thiazole rings is 1. The summed E-state index contributed by atoms with van der Waals surface area (Å²) < 4.78 is 7.52. The highest BCUT2D eigenvalue weighted by atomic mass is 32.1. The Labute approximate surface area is 147 Å². The first kappa shape index (κ1) is 16.9. The van der Waals surface area contributed by atoms with E-state index < -0.39 is 0 Å². The average molecular weight is 340 g/mol. The minimum absolute atomic E-state index is 0.723. The van der Waals surface area contributed by atoms with Crippen molar-refractivity contribution in [1.29, 1.82) is 0 Å². The van der Waals surface area contributed by atoms with Crippen LogP contribution in [0.2, 0.25) is 0 Å². The standard InChI is InChI=1S/C20H24N2OS/c1-13-6-7-17(14(2)10-13)20-21-19(12-24-20)18-11-15(3)22(16(18)4)8-9-23-5/h6-7,10-12H,8-9H2,1-5H3. The lowest BCUT2D eigenvalue weighted by atomic mass is 10.1. The molecule has 3 rings (SSSR count). The predicted molar refractivity (Wildman–Crippen MR) is 102 cm³/mol. The van der Waals surface area contributed by atoms with Crippen LogP contribution in [0.15, 0.2) is 29.6 Å². The van der Waals surface area contributed by atoms with Gasteiger partial charge >= 0.3 is 0 Å². The zero-order valence-electron chi connectivity index (χ0n) is 15.0. The largest absolute Gasteiger partial charge is 0.383 e. The molecule has 4 heteroatoms. The highest BCUT2D eigenvalue weighted by molar-refractivity contribution is 7.13. The van der Waals surface area contributed by atoms with Gasteiger partial charge in [-0.05, 0) is 39.3 Å². The number of hydrogen-bond donors (Lipinski definition) is 0. The van der Waals surface area contributed by atoms with E-state index >= 15 is 0 Å². The molecule has 0 saturated heterocycles. The Balaban J connectivity index is 1.96. The van der Waals surface area contributed by atoms with Crippen molar-refractivity contribution in [2.24, 2.45) is 0 Å². The van der Waals surface area contributed by atoms with Crippen LogP contribution < -0.4 is 0 Å². The van der Waals surface area contributed by atoms with Gasteiger partial charge in [0.2, 0.25) is 0 Å². The van der Waals surface area contributed by atoms with Crippen LogP contribution in [0.3, 0.4) is 0 Å². The number of rotatable bonds is 5. The van der Waals surface area contributed by atoms with Crippen LogP contribution in [-0.4, -0.2) is 23.3 Å². The minimum atomic E-state index is 0.723. The molecule has 0 aliphatic heterocycles. The van der Waals surface area contributed by atoms with Crippen LogP contribution in [0.5, 0.6) is 0 Å². The second-order valence-corrected chi connectivity index (χ2v) is 7.14. The lowest BCUT2D eigenvalue weighted by molar-refractivity contribution is 0.186. The Morgan fingerprint density at radius 1 is 1.08 bits per heavy atom. The molecule has 1 aromatic carbocycles. The van der Waals surface area contributed by atoms with Gasteiger partial charge in [-0.1, -0.05) is 23.8 Å². The van der Waals surface area contributed by atoms with Gasteiger partial charge in [-0.15, -0.1) is 11.3 Å². The van der Waals surface area contributed by atoms with Crippen LogP contribution in [0, 0.1) is 27.7 Å². The Morgan fingerprint density at radius 3 is 2.58 bits per heavy atom. The maximum Gasteiger partial charge on any atom is 0.124 e. The lowest BCUT2D eigenvalue weighted by Gasteiger charge is -2.08. The number of aryl methyl sites for hydroxylation is 3. The SMILES string of the molecule is COCCn1c(C)cc(-c2csc(-c3ccc(C)cc3C)n2)c1C. The molecule has 0 amide bonds. The van der Waals surface area contributed by atoms with Crippen LogP contribution in [0.4, 0.5) is 0 Å². The van der Waals surface area contributed by atoms with Gasteiger partial charge in [-0.25, -0.2) is 4.98 Å². The first-order valence-electron chi connectivity index (χ1n) is 8.20. The predicted octanol–water partition coefficient (Wildman–Crippen LogP) is 5.16. The van der Waals surface area contributed by atoms with Crippen molar-refractivity contribution >= 4 is 11.3 Å². The fourth-order valence-electron chi connectivity index (χ4n) is 3.16. The van der Waals surface area contributed by atoms with E-state index in [1.807, 2.05) is 0 Å². The Kier molecular flexibility index (Phi) is 4.88. The number of ether oxygens (including phenoxy) is 1. The van der Waals surface area contributed by atoms with Crippen LogP contribution >= 0.6 is 11.3 Å². The first-order valence-corrected chi connectivity index (χ1v) is 9.08. The van der Waals surface area contributed by atoms with Crippen LogP contribution in [0.25, 0.3) is 21.8 Å². The number of hydrogen-bond acceptors (Lipinski definition) is 3. The van der Waals surface area contributed by atoms with Crippen LogP contribution in [-0.2, 0) is 11.3 Å². The van der Waals surface area contributed by atoms with E-state index in [0.717, 1.165) is 23.9 Å². The Bertz CT molecular complexity index is 861. The fraction of sp³-hybridized carbons (Fsp3) is 0.350. The summed E-state index contributed by atoms with van der Waals surface area (Å²) in [5.41, 5.74) is 8.58. The van der Waals surface area contributed by atoms with Gasteiger partial charge in [-0.2, -0.15) is 0 Å². The Hall–Kier alpha value is -1.91. The molecule has 0 aliphatic rings. The van der Waals surface area contributed by atoms with Crippen molar-refractivity contribution in [3.05, 3.63) is 52.2 Å². The molecule has 0 bridgehead atoms. The van der Waals surface area contributed by atoms with E-state index in [0.29, 0.717) is 0 Å². The lowest BCUT2D eigenvalue weighted by Crippen LogP contribution is -2.07. The fourth-order valence-corrected chi connectivity index (χ4v) is 4.07. The molecule has 0 atom stereocenters. The normalized spacial score (nSPS) is 11.2. The molecule has 2 aromatic heterocycles. The molecule has 24 heavy (non-hydrogen) atoms. The molecule has 0 spiro atoms. The van der Waals surface area contributed by atoms with E-state index in [4.69, 9.17) is 9.72 Å². The molecule has 2 heterocycles. The summed E-state index contributed by atoms with van der Waals surface area (Å²) in [7, 11) is 1.74. The molecular formula is C20H24N2OS. The molecule has 0 fully saturated rings. The summed E-state index contributed by atoms with van der Waals surface area (Å²) in [6.45, 7) is 10.2. The van der Waals surface area contributed by atoms with Crippen LogP contribution in [0.1, 0.15) is 22.5 Å². The summed E-state index contributed by atoms with van der Waals surface area (Å²) >= 11 is 1.71. The highest BCUT2D eigenvalue weighted by Crippen LogP contribution is 2.33. The van der Waals surface area contributed by atoms with Crippen molar-refractivity contribution in [2.75, 3.05) is 13.7 Å². The maximum atomic E-state index is 5.22. The second-order valence-electron chi connectivity index (χ2n) is 6.29. The zero-order valence-corrected chi connectivity index (χ0v) is 15.8. The van der Waals surface area contributed by atoms with Crippen molar-refractivity contribution in [2.45, 2.75) is 34.2 Å². The zero-order chi connectivity index (χ0) is 17.3. The minimum Gasteiger partial charge on any atom is -0.383 e. The third-order valence-corrected chi connectivity index (χ3v) is 5.36. The van der Waals surface area contributed by atoms with E-state index in [1.165, 1.54) is 33.6 Å². The number of aromatic nitrogens is 2. The molecular weight excluding hydrogens is 316 g/mol. The number of nitrogens with zero attached hydrogens (tertiary/aromatic N) is 2. The quantitative estimate of drug-likeness (QED) is 0.641. The average Bonchev–Trinajstić information content (AvgIpc) is 3.11. The second kappa shape index (κ2) is 6.91. The molecule has 0 radical (unpaired) electrons. The maximum absolute atomic E-state index is 5.22. The summed E-state index contributed by atoms with van der Waals surface area (Å²) in [6.07, 6.45) is 0. The third kappa shape index (κ3) is 3.17. The van der Waals surface area contributed by atoms with Gasteiger partial charge in [0.05, 0.1) is 12.3 Å². The third-order valence-electron chi connectivity index (χ3n) is 4.49. The smallest absolute Gasteiger partial charge is 0.124 e. The van der Waals surface area contributed by atoms with Crippen molar-refractivity contribution in [1.82, 2.24) is 9.55 Å². The first-order chi connectivity index (χ1) is 11.5. The van der Waals surface area contributed by atoms with E-state index in [9.17, 15) is 0 Å². The van der Waals surface area contributed by atoms with E-state index in [-0.39, 0.29) is 0 Å². The molecule has 0 unspecified atom stereocenters.